The Morgan fingerprint density at radius 1 is 1.29 bits per heavy atom. The van der Waals surface area contributed by atoms with Gasteiger partial charge in [-0.15, -0.1) is 23.1 Å². The Morgan fingerprint density at radius 3 is 2.59 bits per heavy atom. The van der Waals surface area contributed by atoms with Gasteiger partial charge in [0.1, 0.15) is 5.82 Å². The summed E-state index contributed by atoms with van der Waals surface area (Å²) < 4.78 is 12.7. The van der Waals surface area contributed by atoms with Gasteiger partial charge in [0.15, 0.2) is 0 Å². The average molecular weight is 288 g/mol. The number of nitrogens with two attached hydrogens (primary N) is 1. The third kappa shape index (κ3) is 3.45. The number of hydrogen-bond acceptors (Lipinski definition) is 3. The van der Waals surface area contributed by atoms with E-state index in [-0.39, 0.29) is 11.9 Å². The Hall–Kier alpha value is -0.550. The summed E-state index contributed by atoms with van der Waals surface area (Å²) in [4.78, 5) is 2.01. The van der Waals surface area contributed by atoms with Gasteiger partial charge in [-0.2, -0.15) is 0 Å². The van der Waals surface area contributed by atoms with Gasteiger partial charge in [0.05, 0.1) is 5.02 Å². The number of thioether (sulfide) groups is 1. The minimum atomic E-state index is -0.222. The molecule has 1 unspecified atom stereocenters. The fraction of sp³-hybridized carbons (Fsp3) is 0.167. The van der Waals surface area contributed by atoms with E-state index in [0.29, 0.717) is 0 Å². The van der Waals surface area contributed by atoms with Crippen molar-refractivity contribution in [3.05, 3.63) is 51.4 Å². The van der Waals surface area contributed by atoms with Gasteiger partial charge in [0, 0.05) is 21.6 Å². The van der Waals surface area contributed by atoms with E-state index < -0.39 is 0 Å². The molecule has 0 aliphatic carbocycles. The lowest BCUT2D eigenvalue weighted by Crippen LogP contribution is -2.11. The Kier molecular flexibility index (Phi) is 4.45. The number of thiophene rings is 1. The first-order chi connectivity index (χ1) is 8.16. The van der Waals surface area contributed by atoms with Gasteiger partial charge in [-0.25, -0.2) is 4.39 Å². The van der Waals surface area contributed by atoms with E-state index in [2.05, 4.69) is 0 Å². The van der Waals surface area contributed by atoms with Gasteiger partial charge in [0.2, 0.25) is 0 Å². The van der Waals surface area contributed by atoms with Crippen molar-refractivity contribution in [1.82, 2.24) is 0 Å². The van der Waals surface area contributed by atoms with Gasteiger partial charge < -0.3 is 5.73 Å². The second kappa shape index (κ2) is 5.87. The van der Waals surface area contributed by atoms with E-state index in [9.17, 15) is 4.39 Å². The van der Waals surface area contributed by atoms with Gasteiger partial charge in [-0.05, 0) is 35.7 Å². The van der Waals surface area contributed by atoms with Crippen LogP contribution in [0.5, 0.6) is 0 Å². The predicted octanol–water partition coefficient (Wildman–Crippen LogP) is 4.33. The molecule has 17 heavy (non-hydrogen) atoms. The van der Waals surface area contributed by atoms with Crippen LogP contribution in [0.1, 0.15) is 10.9 Å². The fourth-order valence-electron chi connectivity index (χ4n) is 1.36. The minimum absolute atomic E-state index is 0.0856. The molecule has 1 aromatic heterocycles. The molecule has 1 heterocycles. The van der Waals surface area contributed by atoms with E-state index >= 15 is 0 Å². The van der Waals surface area contributed by atoms with Crippen molar-refractivity contribution in [2.45, 2.75) is 10.9 Å². The Balaban J connectivity index is 1.94. The van der Waals surface area contributed by atoms with Gasteiger partial charge in [-0.3, -0.25) is 0 Å². The number of halogens is 2. The molecular formula is C12H11ClFNS2. The zero-order valence-electron chi connectivity index (χ0n) is 8.90. The summed E-state index contributed by atoms with van der Waals surface area (Å²) in [6.07, 6.45) is 0. The summed E-state index contributed by atoms with van der Waals surface area (Å²) in [6, 6.07) is 8.17. The van der Waals surface area contributed by atoms with Gasteiger partial charge >= 0.3 is 0 Å². The second-order valence-electron chi connectivity index (χ2n) is 3.50. The molecule has 2 N–H and O–H groups in total. The van der Waals surface area contributed by atoms with Crippen LogP contribution < -0.4 is 5.73 Å². The van der Waals surface area contributed by atoms with Gasteiger partial charge in [-0.1, -0.05) is 11.6 Å². The van der Waals surface area contributed by atoms with Crippen LogP contribution >= 0.6 is 34.7 Å². The molecule has 0 aliphatic rings. The van der Waals surface area contributed by atoms with Crippen molar-refractivity contribution < 1.29 is 4.39 Å². The highest BCUT2D eigenvalue weighted by molar-refractivity contribution is 7.99. The molecule has 0 aliphatic heterocycles. The second-order valence-corrected chi connectivity index (χ2v) is 5.95. The van der Waals surface area contributed by atoms with E-state index in [0.717, 1.165) is 20.5 Å². The minimum Gasteiger partial charge on any atom is -0.323 e. The van der Waals surface area contributed by atoms with Crippen LogP contribution in [-0.2, 0) is 0 Å². The van der Waals surface area contributed by atoms with E-state index in [1.807, 2.05) is 11.4 Å². The molecule has 0 radical (unpaired) electrons. The highest BCUT2D eigenvalue weighted by Gasteiger charge is 2.11. The first-order valence-corrected chi connectivity index (χ1v) is 7.28. The largest absolute Gasteiger partial charge is 0.323 e. The summed E-state index contributed by atoms with van der Waals surface area (Å²) in [5, 5.41) is 2.65. The van der Waals surface area contributed by atoms with Crippen LogP contribution in [-0.4, -0.2) is 5.75 Å². The molecular weight excluding hydrogens is 277 g/mol. The summed E-state index contributed by atoms with van der Waals surface area (Å²) >= 11 is 9.17. The van der Waals surface area contributed by atoms with Crippen LogP contribution in [0.2, 0.25) is 5.02 Å². The molecule has 0 fully saturated rings. The quantitative estimate of drug-likeness (QED) is 0.847. The smallest absolute Gasteiger partial charge is 0.123 e. The van der Waals surface area contributed by atoms with Crippen LogP contribution in [0, 0.1) is 5.82 Å². The zero-order valence-corrected chi connectivity index (χ0v) is 11.3. The SMILES string of the molecule is NC(CSc1ccc(F)cc1)c1sccc1Cl. The van der Waals surface area contributed by atoms with Crippen LogP contribution in [0.25, 0.3) is 0 Å². The molecule has 0 amide bonds. The highest BCUT2D eigenvalue weighted by atomic mass is 35.5. The molecule has 90 valence electrons. The summed E-state index contributed by atoms with van der Waals surface area (Å²) in [5.74, 6) is 0.506. The van der Waals surface area contributed by atoms with Crippen molar-refractivity contribution in [2.75, 3.05) is 5.75 Å². The standard InChI is InChI=1S/C12H11ClFNS2/c13-10-5-6-16-12(10)11(15)7-17-9-3-1-8(14)2-4-9/h1-6,11H,7,15H2. The summed E-state index contributed by atoms with van der Waals surface area (Å²) in [5.41, 5.74) is 6.05. The van der Waals surface area contributed by atoms with Crippen LogP contribution in [0.3, 0.4) is 0 Å². The first-order valence-electron chi connectivity index (χ1n) is 5.03. The molecule has 0 bridgehead atoms. The number of rotatable bonds is 4. The lowest BCUT2D eigenvalue weighted by Gasteiger charge is -2.09. The molecule has 0 spiro atoms. The maximum Gasteiger partial charge on any atom is 0.123 e. The monoisotopic (exact) mass is 287 g/mol. The molecule has 1 nitrogen and oxygen atoms in total. The molecule has 1 aromatic carbocycles. The summed E-state index contributed by atoms with van der Waals surface area (Å²) in [6.45, 7) is 0. The molecule has 1 atom stereocenters. The van der Waals surface area contributed by atoms with Gasteiger partial charge in [0.25, 0.3) is 0 Å². The molecule has 5 heteroatoms. The van der Waals surface area contributed by atoms with E-state index in [1.54, 1.807) is 35.2 Å². The lowest BCUT2D eigenvalue weighted by molar-refractivity contribution is 0.626. The van der Waals surface area contributed by atoms with E-state index in [4.69, 9.17) is 17.3 Å². The number of benzene rings is 1. The maximum absolute atomic E-state index is 12.7. The molecule has 2 aromatic rings. The maximum atomic E-state index is 12.7. The summed E-state index contributed by atoms with van der Waals surface area (Å²) in [7, 11) is 0. The van der Waals surface area contributed by atoms with Crippen molar-refractivity contribution in [1.29, 1.82) is 0 Å². The fourth-order valence-corrected chi connectivity index (χ4v) is 3.54. The Bertz CT molecular complexity index is 484. The molecule has 2 rings (SSSR count). The van der Waals surface area contributed by atoms with E-state index in [1.165, 1.54) is 12.1 Å². The highest BCUT2D eigenvalue weighted by Crippen LogP contribution is 2.31. The average Bonchev–Trinajstić information content (AvgIpc) is 2.74. The lowest BCUT2D eigenvalue weighted by atomic mass is 10.3. The van der Waals surface area contributed by atoms with Crippen LogP contribution in [0.4, 0.5) is 4.39 Å². The molecule has 0 saturated carbocycles. The van der Waals surface area contributed by atoms with Crippen molar-refractivity contribution in [2.24, 2.45) is 5.73 Å². The zero-order chi connectivity index (χ0) is 12.3. The van der Waals surface area contributed by atoms with Crippen molar-refractivity contribution in [3.8, 4) is 0 Å². The predicted molar refractivity (Wildman–Crippen MR) is 73.4 cm³/mol. The topological polar surface area (TPSA) is 26.0 Å². The van der Waals surface area contributed by atoms with Crippen LogP contribution in [0.15, 0.2) is 40.6 Å². The van der Waals surface area contributed by atoms with Crippen molar-refractivity contribution in [3.63, 3.8) is 0 Å². The third-order valence-electron chi connectivity index (χ3n) is 2.22. The first kappa shape index (κ1) is 12.9. The third-order valence-corrected chi connectivity index (χ3v) is 4.85. The Labute approximate surface area is 113 Å². The molecule has 0 saturated heterocycles. The number of hydrogen-bond donors (Lipinski definition) is 1. The van der Waals surface area contributed by atoms with Crippen molar-refractivity contribution >= 4 is 34.7 Å². The Morgan fingerprint density at radius 2 is 2.00 bits per heavy atom. The normalized spacial score (nSPS) is 12.6.